The summed E-state index contributed by atoms with van der Waals surface area (Å²) in [7, 11) is 0. The molecule has 1 aliphatic heterocycles. The summed E-state index contributed by atoms with van der Waals surface area (Å²) in [6, 6.07) is 15.7. The summed E-state index contributed by atoms with van der Waals surface area (Å²) in [6.07, 6.45) is 5.56. The van der Waals surface area contributed by atoms with Gasteiger partial charge in [0, 0.05) is 12.6 Å². The molecule has 5 nitrogen and oxygen atoms in total. The molecule has 2 aliphatic rings. The van der Waals surface area contributed by atoms with Crippen LogP contribution in [0.5, 0.6) is 0 Å². The minimum absolute atomic E-state index is 0.256. The number of hydrogen-bond acceptors (Lipinski definition) is 5. The molecule has 2 aromatic heterocycles. The molecule has 1 unspecified atom stereocenters. The largest absolute Gasteiger partial charge is 0.297 e. The SMILES string of the molecule is Fc1ccccc1-c1nn(CN2CCCCC2c2nc3ccccc3s2)c(=S)n1C1CC1. The van der Waals surface area contributed by atoms with Crippen LogP contribution in [0.25, 0.3) is 21.6 Å². The molecular formula is C24H24FN5S2. The van der Waals surface area contributed by atoms with E-state index in [0.717, 1.165) is 42.8 Å². The predicted molar refractivity (Wildman–Crippen MR) is 128 cm³/mol. The maximum Gasteiger partial charge on any atom is 0.199 e. The number of para-hydroxylation sites is 1. The van der Waals surface area contributed by atoms with E-state index in [-0.39, 0.29) is 11.9 Å². The number of piperidine rings is 1. The van der Waals surface area contributed by atoms with Crippen molar-refractivity contribution in [2.24, 2.45) is 0 Å². The third-order valence-corrected chi connectivity index (χ3v) is 7.97. The molecule has 32 heavy (non-hydrogen) atoms. The van der Waals surface area contributed by atoms with E-state index in [0.29, 0.717) is 28.9 Å². The van der Waals surface area contributed by atoms with Gasteiger partial charge < -0.3 is 0 Å². The number of nitrogens with zero attached hydrogens (tertiary/aromatic N) is 5. The number of fused-ring (bicyclic) bond motifs is 1. The first kappa shape index (κ1) is 20.2. The number of halogens is 1. The van der Waals surface area contributed by atoms with E-state index in [1.54, 1.807) is 23.5 Å². The maximum absolute atomic E-state index is 14.6. The number of hydrogen-bond donors (Lipinski definition) is 0. The first-order chi connectivity index (χ1) is 15.7. The zero-order chi connectivity index (χ0) is 21.7. The Bertz CT molecular complexity index is 1300. The van der Waals surface area contributed by atoms with Crippen LogP contribution in [-0.4, -0.2) is 30.8 Å². The Hall–Kier alpha value is -2.42. The molecule has 2 aromatic carbocycles. The van der Waals surface area contributed by atoms with E-state index in [1.165, 1.54) is 17.2 Å². The Morgan fingerprint density at radius 3 is 2.66 bits per heavy atom. The highest BCUT2D eigenvalue weighted by Gasteiger charge is 2.32. The van der Waals surface area contributed by atoms with Crippen molar-refractivity contribution in [2.75, 3.05) is 6.54 Å². The lowest BCUT2D eigenvalue weighted by molar-refractivity contribution is 0.103. The van der Waals surface area contributed by atoms with Crippen LogP contribution in [0.2, 0.25) is 0 Å². The summed E-state index contributed by atoms with van der Waals surface area (Å²) < 4.78 is 20.5. The first-order valence-corrected chi connectivity index (χ1v) is 12.5. The van der Waals surface area contributed by atoms with Crippen LogP contribution in [0.1, 0.15) is 49.2 Å². The molecule has 2 fully saturated rings. The fourth-order valence-corrected chi connectivity index (χ4v) is 6.12. The molecule has 1 atom stereocenters. The fraction of sp³-hybridized carbons (Fsp3) is 0.375. The van der Waals surface area contributed by atoms with Gasteiger partial charge in [-0.3, -0.25) is 9.47 Å². The van der Waals surface area contributed by atoms with E-state index in [2.05, 4.69) is 27.7 Å². The first-order valence-electron chi connectivity index (χ1n) is 11.2. The van der Waals surface area contributed by atoms with Crippen molar-refractivity contribution in [3.63, 3.8) is 0 Å². The predicted octanol–water partition coefficient (Wildman–Crippen LogP) is 6.35. The van der Waals surface area contributed by atoms with Gasteiger partial charge >= 0.3 is 0 Å². The molecule has 164 valence electrons. The van der Waals surface area contributed by atoms with E-state index in [4.69, 9.17) is 22.3 Å². The molecule has 1 saturated carbocycles. The second-order valence-corrected chi connectivity index (χ2v) is 10.1. The fourth-order valence-electron chi connectivity index (χ4n) is 4.64. The second-order valence-electron chi connectivity index (χ2n) is 8.67. The lowest BCUT2D eigenvalue weighted by Gasteiger charge is -2.34. The average Bonchev–Trinajstić information content (AvgIpc) is 3.47. The van der Waals surface area contributed by atoms with E-state index in [1.807, 2.05) is 16.8 Å². The minimum Gasteiger partial charge on any atom is -0.297 e. The van der Waals surface area contributed by atoms with Gasteiger partial charge in [0.15, 0.2) is 10.6 Å². The summed E-state index contributed by atoms with van der Waals surface area (Å²) in [5.74, 6) is 0.385. The van der Waals surface area contributed by atoms with Gasteiger partial charge in [-0.25, -0.2) is 14.1 Å². The average molecular weight is 466 g/mol. The van der Waals surface area contributed by atoms with Crippen LogP contribution < -0.4 is 0 Å². The van der Waals surface area contributed by atoms with Crippen LogP contribution >= 0.6 is 23.6 Å². The molecular weight excluding hydrogens is 441 g/mol. The summed E-state index contributed by atoms with van der Waals surface area (Å²) >= 11 is 7.63. The molecule has 4 aromatic rings. The smallest absolute Gasteiger partial charge is 0.199 e. The molecule has 6 rings (SSSR count). The van der Waals surface area contributed by atoms with Gasteiger partial charge in [0.1, 0.15) is 10.8 Å². The second kappa shape index (κ2) is 8.17. The molecule has 3 heterocycles. The monoisotopic (exact) mass is 465 g/mol. The number of likely N-dealkylation sites (tertiary alicyclic amines) is 1. The molecule has 0 amide bonds. The van der Waals surface area contributed by atoms with Crippen LogP contribution in [0, 0.1) is 10.6 Å². The molecule has 1 aliphatic carbocycles. The zero-order valence-corrected chi connectivity index (χ0v) is 19.3. The minimum atomic E-state index is -0.258. The van der Waals surface area contributed by atoms with Crippen molar-refractivity contribution < 1.29 is 4.39 Å². The van der Waals surface area contributed by atoms with Crippen LogP contribution in [0.4, 0.5) is 4.39 Å². The summed E-state index contributed by atoms with van der Waals surface area (Å²) in [4.78, 5) is 7.37. The van der Waals surface area contributed by atoms with Crippen LogP contribution in [0.15, 0.2) is 48.5 Å². The van der Waals surface area contributed by atoms with E-state index < -0.39 is 0 Å². The highest BCUT2D eigenvalue weighted by atomic mass is 32.1. The van der Waals surface area contributed by atoms with Crippen LogP contribution in [-0.2, 0) is 6.67 Å². The molecule has 0 radical (unpaired) electrons. The summed E-state index contributed by atoms with van der Waals surface area (Å²) in [6.45, 7) is 1.58. The normalized spacial score (nSPS) is 19.6. The van der Waals surface area contributed by atoms with Gasteiger partial charge in [0.05, 0.1) is 28.5 Å². The Morgan fingerprint density at radius 2 is 1.84 bits per heavy atom. The Morgan fingerprint density at radius 1 is 1.03 bits per heavy atom. The summed E-state index contributed by atoms with van der Waals surface area (Å²) in [5, 5.41) is 6.00. The summed E-state index contributed by atoms with van der Waals surface area (Å²) in [5.41, 5.74) is 1.58. The quantitative estimate of drug-likeness (QED) is 0.322. The molecule has 0 spiro atoms. The topological polar surface area (TPSA) is 38.9 Å². The van der Waals surface area contributed by atoms with Crippen molar-refractivity contribution in [3.05, 3.63) is 64.1 Å². The van der Waals surface area contributed by atoms with Crippen molar-refractivity contribution in [1.29, 1.82) is 0 Å². The van der Waals surface area contributed by atoms with E-state index in [9.17, 15) is 4.39 Å². The van der Waals surface area contributed by atoms with Crippen LogP contribution in [0.3, 0.4) is 0 Å². The maximum atomic E-state index is 14.6. The Balaban J connectivity index is 1.36. The highest BCUT2D eigenvalue weighted by molar-refractivity contribution is 7.71. The third-order valence-electron chi connectivity index (χ3n) is 6.42. The highest BCUT2D eigenvalue weighted by Crippen LogP contribution is 2.40. The lowest BCUT2D eigenvalue weighted by atomic mass is 10.0. The molecule has 0 N–H and O–H groups in total. The van der Waals surface area contributed by atoms with Gasteiger partial charge in [-0.05, 0) is 62.2 Å². The zero-order valence-electron chi connectivity index (χ0n) is 17.7. The number of thiazole rings is 1. The Labute approximate surface area is 195 Å². The molecule has 0 bridgehead atoms. The van der Waals surface area contributed by atoms with Gasteiger partial charge in [-0.2, -0.15) is 5.10 Å². The van der Waals surface area contributed by atoms with E-state index >= 15 is 0 Å². The van der Waals surface area contributed by atoms with Crippen molar-refractivity contribution in [3.8, 4) is 11.4 Å². The number of rotatable bonds is 5. The van der Waals surface area contributed by atoms with Crippen molar-refractivity contribution >= 4 is 33.8 Å². The molecule has 8 heteroatoms. The molecule has 1 saturated heterocycles. The number of aromatic nitrogens is 4. The van der Waals surface area contributed by atoms with Gasteiger partial charge in [-0.15, -0.1) is 11.3 Å². The van der Waals surface area contributed by atoms with Gasteiger partial charge in [0.25, 0.3) is 0 Å². The number of benzene rings is 2. The standard InChI is InChI=1S/C24H24FN5S2/c25-18-8-2-1-7-17(18)22-27-29(24(31)30(22)16-12-13-16)15-28-14-6-5-10-20(28)23-26-19-9-3-4-11-21(19)32-23/h1-4,7-9,11,16,20H,5-6,10,12-15H2. The lowest BCUT2D eigenvalue weighted by Crippen LogP contribution is -2.35. The van der Waals surface area contributed by atoms with Gasteiger partial charge in [0.2, 0.25) is 0 Å². The van der Waals surface area contributed by atoms with Gasteiger partial charge in [-0.1, -0.05) is 30.7 Å². The third kappa shape index (κ3) is 3.60. The van der Waals surface area contributed by atoms with Crippen molar-refractivity contribution in [2.45, 2.75) is 50.9 Å². The Kier molecular flexibility index (Phi) is 5.16. The van der Waals surface area contributed by atoms with Crippen molar-refractivity contribution in [1.82, 2.24) is 24.2 Å².